The predicted octanol–water partition coefficient (Wildman–Crippen LogP) is 0.815. The van der Waals surface area contributed by atoms with Gasteiger partial charge >= 0.3 is 0 Å². The van der Waals surface area contributed by atoms with Gasteiger partial charge in [0.2, 0.25) is 5.91 Å². The summed E-state index contributed by atoms with van der Waals surface area (Å²) >= 11 is 0. The van der Waals surface area contributed by atoms with Gasteiger partial charge in [-0.25, -0.2) is 9.67 Å². The van der Waals surface area contributed by atoms with Gasteiger partial charge in [0.15, 0.2) is 0 Å². The summed E-state index contributed by atoms with van der Waals surface area (Å²) in [7, 11) is 1.89. The van der Waals surface area contributed by atoms with Crippen LogP contribution in [-0.4, -0.2) is 35.7 Å². The van der Waals surface area contributed by atoms with Gasteiger partial charge in [-0.1, -0.05) is 30.3 Å². The van der Waals surface area contributed by atoms with Gasteiger partial charge in [0.1, 0.15) is 17.7 Å². The smallest absolute Gasteiger partial charge is 0.245 e. The van der Waals surface area contributed by atoms with Crippen LogP contribution in [0.3, 0.4) is 0 Å². The number of tetrazole rings is 1. The zero-order chi connectivity index (χ0) is 16.9. The molecule has 24 heavy (non-hydrogen) atoms. The molecule has 124 valence electrons. The van der Waals surface area contributed by atoms with Crippen molar-refractivity contribution in [3.63, 3.8) is 0 Å². The quantitative estimate of drug-likeness (QED) is 0.724. The van der Waals surface area contributed by atoms with E-state index in [1.165, 1.54) is 0 Å². The number of hydrogen-bond donors (Lipinski definition) is 1. The van der Waals surface area contributed by atoms with Crippen LogP contribution in [0.25, 0.3) is 0 Å². The largest absolute Gasteiger partial charge is 0.347 e. The van der Waals surface area contributed by atoms with Crippen LogP contribution in [0.2, 0.25) is 0 Å². The van der Waals surface area contributed by atoms with E-state index >= 15 is 0 Å². The van der Waals surface area contributed by atoms with E-state index in [0.29, 0.717) is 18.8 Å². The molecule has 2 aromatic heterocycles. The molecule has 0 aliphatic heterocycles. The Balaban J connectivity index is 1.77. The first kappa shape index (κ1) is 15.9. The molecule has 2 heterocycles. The first-order chi connectivity index (χ1) is 11.6. The minimum Gasteiger partial charge on any atom is -0.347 e. The molecule has 8 heteroatoms. The number of aromatic nitrogens is 6. The first-order valence-corrected chi connectivity index (χ1v) is 7.67. The standard InChI is InChI=1S/C16H19N7O/c1-12-19-20-21-23(12)14(10-13-6-4-3-5-7-13)16(24)18-11-15-17-8-9-22(15)2/h3-9,14H,10-11H2,1-2H3,(H,18,24). The monoisotopic (exact) mass is 325 g/mol. The number of nitrogens with zero attached hydrogens (tertiary/aromatic N) is 6. The predicted molar refractivity (Wildman–Crippen MR) is 86.8 cm³/mol. The molecule has 0 saturated heterocycles. The fourth-order valence-electron chi connectivity index (χ4n) is 2.50. The SMILES string of the molecule is Cc1nnnn1C(Cc1ccccc1)C(=O)NCc1nccn1C. The van der Waals surface area contributed by atoms with Crippen molar-refractivity contribution in [3.05, 3.63) is 59.9 Å². The number of carbonyl (C=O) groups excluding carboxylic acids is 1. The van der Waals surface area contributed by atoms with Crippen molar-refractivity contribution in [2.45, 2.75) is 25.9 Å². The maximum Gasteiger partial charge on any atom is 0.245 e. The van der Waals surface area contributed by atoms with Crippen molar-refractivity contribution < 1.29 is 4.79 Å². The van der Waals surface area contributed by atoms with E-state index in [9.17, 15) is 4.79 Å². The molecule has 1 aromatic carbocycles. The van der Waals surface area contributed by atoms with Crippen LogP contribution in [-0.2, 0) is 24.8 Å². The summed E-state index contributed by atoms with van der Waals surface area (Å²) in [6.07, 6.45) is 4.06. The second-order valence-corrected chi connectivity index (χ2v) is 5.55. The van der Waals surface area contributed by atoms with Gasteiger partial charge in [0, 0.05) is 25.9 Å². The molecule has 0 aliphatic rings. The summed E-state index contributed by atoms with van der Waals surface area (Å²) < 4.78 is 3.43. The third kappa shape index (κ3) is 3.48. The number of aryl methyl sites for hydroxylation is 2. The second kappa shape index (κ2) is 7.03. The van der Waals surface area contributed by atoms with Crippen LogP contribution in [0.1, 0.15) is 23.3 Å². The topological polar surface area (TPSA) is 90.5 Å². The molecule has 0 bridgehead atoms. The lowest BCUT2D eigenvalue weighted by Gasteiger charge is -2.17. The molecule has 3 aromatic rings. The van der Waals surface area contributed by atoms with Crippen molar-refractivity contribution in [3.8, 4) is 0 Å². The summed E-state index contributed by atoms with van der Waals surface area (Å²) in [6.45, 7) is 2.14. The fraction of sp³-hybridized carbons (Fsp3) is 0.312. The molecule has 3 rings (SSSR count). The Hall–Kier alpha value is -3.03. The highest BCUT2D eigenvalue weighted by atomic mass is 16.2. The van der Waals surface area contributed by atoms with Gasteiger partial charge < -0.3 is 9.88 Å². The highest BCUT2D eigenvalue weighted by Crippen LogP contribution is 2.15. The molecule has 0 fully saturated rings. The number of imidazole rings is 1. The van der Waals surface area contributed by atoms with Crippen molar-refractivity contribution in [1.82, 2.24) is 35.1 Å². The Morgan fingerprint density at radius 3 is 2.71 bits per heavy atom. The van der Waals surface area contributed by atoms with E-state index in [-0.39, 0.29) is 5.91 Å². The van der Waals surface area contributed by atoms with Crippen molar-refractivity contribution >= 4 is 5.91 Å². The molecular weight excluding hydrogens is 306 g/mol. The summed E-state index contributed by atoms with van der Waals surface area (Å²) in [5, 5.41) is 14.4. The highest BCUT2D eigenvalue weighted by molar-refractivity contribution is 5.80. The Morgan fingerprint density at radius 2 is 2.08 bits per heavy atom. The summed E-state index contributed by atoms with van der Waals surface area (Å²) in [6, 6.07) is 9.30. The van der Waals surface area contributed by atoms with E-state index < -0.39 is 6.04 Å². The summed E-state index contributed by atoms with van der Waals surface area (Å²) in [5.74, 6) is 1.25. The average Bonchev–Trinajstić information content (AvgIpc) is 3.19. The second-order valence-electron chi connectivity index (χ2n) is 5.55. The van der Waals surface area contributed by atoms with E-state index in [2.05, 4.69) is 25.8 Å². The molecule has 8 nitrogen and oxygen atoms in total. The first-order valence-electron chi connectivity index (χ1n) is 7.67. The average molecular weight is 325 g/mol. The van der Waals surface area contributed by atoms with Crippen molar-refractivity contribution in [2.24, 2.45) is 7.05 Å². The van der Waals surface area contributed by atoms with Gasteiger partial charge in [-0.15, -0.1) is 5.10 Å². The highest BCUT2D eigenvalue weighted by Gasteiger charge is 2.24. The third-order valence-corrected chi connectivity index (χ3v) is 3.87. The lowest BCUT2D eigenvalue weighted by Crippen LogP contribution is -2.35. The van der Waals surface area contributed by atoms with Gasteiger partial charge in [-0.2, -0.15) is 0 Å². The van der Waals surface area contributed by atoms with Gasteiger partial charge in [0.05, 0.1) is 6.54 Å². The number of rotatable bonds is 6. The van der Waals surface area contributed by atoms with Crippen molar-refractivity contribution in [2.75, 3.05) is 0 Å². The number of amides is 1. The van der Waals surface area contributed by atoms with Crippen LogP contribution in [0.5, 0.6) is 0 Å². The Labute approximate surface area is 139 Å². The zero-order valence-corrected chi connectivity index (χ0v) is 13.6. The lowest BCUT2D eigenvalue weighted by atomic mass is 10.1. The lowest BCUT2D eigenvalue weighted by molar-refractivity contribution is -0.124. The maximum atomic E-state index is 12.7. The van der Waals surface area contributed by atoms with E-state index in [1.54, 1.807) is 17.8 Å². The van der Waals surface area contributed by atoms with E-state index in [0.717, 1.165) is 11.4 Å². The molecular formula is C16H19N7O. The van der Waals surface area contributed by atoms with Crippen LogP contribution in [0, 0.1) is 6.92 Å². The number of nitrogens with one attached hydrogen (secondary N) is 1. The van der Waals surface area contributed by atoms with Gasteiger partial charge in [0.25, 0.3) is 0 Å². The molecule has 0 aliphatic carbocycles. The minimum absolute atomic E-state index is 0.141. The third-order valence-electron chi connectivity index (χ3n) is 3.87. The molecule has 0 saturated carbocycles. The Kier molecular flexibility index (Phi) is 4.64. The Morgan fingerprint density at radius 1 is 1.29 bits per heavy atom. The normalized spacial score (nSPS) is 12.1. The van der Waals surface area contributed by atoms with Crippen molar-refractivity contribution in [1.29, 1.82) is 0 Å². The zero-order valence-electron chi connectivity index (χ0n) is 13.6. The molecule has 0 spiro atoms. The number of benzene rings is 1. The number of hydrogen-bond acceptors (Lipinski definition) is 5. The minimum atomic E-state index is -0.511. The van der Waals surface area contributed by atoms with Gasteiger partial charge in [-0.05, 0) is 22.9 Å². The summed E-state index contributed by atoms with van der Waals surface area (Å²) in [4.78, 5) is 17.0. The Bertz CT molecular complexity index is 809. The van der Waals surface area contributed by atoms with Crippen LogP contribution >= 0.6 is 0 Å². The van der Waals surface area contributed by atoms with Crippen LogP contribution in [0.4, 0.5) is 0 Å². The van der Waals surface area contributed by atoms with Gasteiger partial charge in [-0.3, -0.25) is 4.79 Å². The molecule has 1 unspecified atom stereocenters. The summed E-state index contributed by atoms with van der Waals surface area (Å²) in [5.41, 5.74) is 1.05. The molecule has 1 atom stereocenters. The maximum absolute atomic E-state index is 12.7. The molecule has 0 radical (unpaired) electrons. The van der Waals surface area contributed by atoms with E-state index in [1.807, 2.05) is 48.1 Å². The molecule has 1 N–H and O–H groups in total. The number of carbonyl (C=O) groups is 1. The van der Waals surface area contributed by atoms with Crippen LogP contribution < -0.4 is 5.32 Å². The molecule has 1 amide bonds. The van der Waals surface area contributed by atoms with Crippen LogP contribution in [0.15, 0.2) is 42.7 Å². The van der Waals surface area contributed by atoms with E-state index in [4.69, 9.17) is 0 Å². The fourth-order valence-corrected chi connectivity index (χ4v) is 2.50.